The molecule has 6 nitrogen and oxygen atoms in total. The van der Waals surface area contributed by atoms with Crippen LogP contribution in [0.25, 0.3) is 0 Å². The summed E-state index contributed by atoms with van der Waals surface area (Å²) in [7, 11) is 0. The molecule has 1 N–H and O–H groups in total. The summed E-state index contributed by atoms with van der Waals surface area (Å²) in [5.74, 6) is 0.905. The van der Waals surface area contributed by atoms with Crippen molar-refractivity contribution >= 4 is 6.03 Å². The zero-order valence-electron chi connectivity index (χ0n) is 14.3. The molecule has 0 bridgehead atoms. The molecule has 1 saturated carbocycles. The highest BCUT2D eigenvalue weighted by Crippen LogP contribution is 2.19. The molecular formula is C17H28N4O2. The summed E-state index contributed by atoms with van der Waals surface area (Å²) in [5.41, 5.74) is 2.16. The maximum atomic E-state index is 12.4. The Morgan fingerprint density at radius 2 is 1.96 bits per heavy atom. The van der Waals surface area contributed by atoms with E-state index in [0.29, 0.717) is 6.04 Å². The van der Waals surface area contributed by atoms with Gasteiger partial charge in [-0.25, -0.2) is 4.79 Å². The van der Waals surface area contributed by atoms with Crippen LogP contribution in [-0.4, -0.2) is 53.2 Å². The van der Waals surface area contributed by atoms with Gasteiger partial charge in [0.2, 0.25) is 0 Å². The molecule has 23 heavy (non-hydrogen) atoms. The second-order valence-electron chi connectivity index (χ2n) is 6.85. The van der Waals surface area contributed by atoms with Crippen molar-refractivity contribution in [2.24, 2.45) is 0 Å². The molecule has 0 radical (unpaired) electrons. The van der Waals surface area contributed by atoms with Crippen molar-refractivity contribution < 1.29 is 9.32 Å². The summed E-state index contributed by atoms with van der Waals surface area (Å²) in [5, 5.41) is 7.23. The van der Waals surface area contributed by atoms with E-state index in [0.717, 1.165) is 63.4 Å². The summed E-state index contributed by atoms with van der Waals surface area (Å²) in [6.07, 6.45) is 5.78. The van der Waals surface area contributed by atoms with Gasteiger partial charge >= 0.3 is 6.03 Å². The molecule has 128 valence electrons. The van der Waals surface area contributed by atoms with Crippen LogP contribution in [0.15, 0.2) is 4.52 Å². The van der Waals surface area contributed by atoms with Crippen molar-refractivity contribution in [3.05, 3.63) is 17.0 Å². The van der Waals surface area contributed by atoms with E-state index in [4.69, 9.17) is 4.52 Å². The molecule has 1 aromatic rings. The van der Waals surface area contributed by atoms with Gasteiger partial charge in [0, 0.05) is 44.3 Å². The third-order valence-corrected chi connectivity index (χ3v) is 5.12. The number of amides is 2. The molecule has 3 rings (SSSR count). The molecule has 1 aliphatic carbocycles. The number of aromatic nitrogens is 1. The number of carbonyl (C=O) groups is 1. The Bertz CT molecular complexity index is 517. The van der Waals surface area contributed by atoms with Crippen LogP contribution in [0, 0.1) is 13.8 Å². The average Bonchev–Trinajstić information content (AvgIpc) is 3.06. The Labute approximate surface area is 138 Å². The monoisotopic (exact) mass is 320 g/mol. The van der Waals surface area contributed by atoms with Gasteiger partial charge in [0.05, 0.1) is 5.69 Å². The van der Waals surface area contributed by atoms with Gasteiger partial charge < -0.3 is 14.7 Å². The molecule has 2 aliphatic rings. The normalized spacial score (nSPS) is 20.7. The van der Waals surface area contributed by atoms with Crippen LogP contribution >= 0.6 is 0 Å². The second kappa shape index (κ2) is 7.34. The molecule has 1 aromatic heterocycles. The van der Waals surface area contributed by atoms with E-state index in [1.165, 1.54) is 18.4 Å². The molecule has 0 aromatic carbocycles. The number of aryl methyl sites for hydroxylation is 2. The second-order valence-corrected chi connectivity index (χ2v) is 6.85. The summed E-state index contributed by atoms with van der Waals surface area (Å²) in [6, 6.07) is 0.514. The van der Waals surface area contributed by atoms with Gasteiger partial charge in [-0.1, -0.05) is 18.0 Å². The van der Waals surface area contributed by atoms with Gasteiger partial charge in [0.15, 0.2) is 0 Å². The Morgan fingerprint density at radius 1 is 1.17 bits per heavy atom. The van der Waals surface area contributed by atoms with Crippen LogP contribution < -0.4 is 5.32 Å². The van der Waals surface area contributed by atoms with Crippen molar-refractivity contribution in [2.45, 2.75) is 58.5 Å². The quantitative estimate of drug-likeness (QED) is 0.929. The van der Waals surface area contributed by atoms with E-state index < -0.39 is 0 Å². The van der Waals surface area contributed by atoms with Crippen LogP contribution in [0.5, 0.6) is 0 Å². The maximum absolute atomic E-state index is 12.4. The largest absolute Gasteiger partial charge is 0.361 e. The lowest BCUT2D eigenvalue weighted by Crippen LogP contribution is -2.45. The van der Waals surface area contributed by atoms with Crippen molar-refractivity contribution in [3.8, 4) is 0 Å². The van der Waals surface area contributed by atoms with Crippen molar-refractivity contribution in [2.75, 3.05) is 26.2 Å². The predicted molar refractivity (Wildman–Crippen MR) is 88.2 cm³/mol. The van der Waals surface area contributed by atoms with E-state index in [1.807, 2.05) is 18.7 Å². The Hall–Kier alpha value is -1.56. The molecule has 2 amide bonds. The fourth-order valence-electron chi connectivity index (χ4n) is 3.62. The first-order valence-electron chi connectivity index (χ1n) is 8.83. The first kappa shape index (κ1) is 16.3. The number of hydrogen-bond donors (Lipinski definition) is 1. The lowest BCUT2D eigenvalue weighted by atomic mass is 10.2. The van der Waals surface area contributed by atoms with Crippen LogP contribution in [0.2, 0.25) is 0 Å². The van der Waals surface area contributed by atoms with Crippen LogP contribution in [0.3, 0.4) is 0 Å². The number of nitrogens with zero attached hydrogens (tertiary/aromatic N) is 3. The maximum Gasteiger partial charge on any atom is 0.317 e. The van der Waals surface area contributed by atoms with Crippen LogP contribution in [0.4, 0.5) is 4.79 Å². The lowest BCUT2D eigenvalue weighted by Gasteiger charge is -2.24. The number of urea groups is 1. The van der Waals surface area contributed by atoms with E-state index >= 15 is 0 Å². The Balaban J connectivity index is 1.51. The van der Waals surface area contributed by atoms with E-state index in [2.05, 4.69) is 15.4 Å². The predicted octanol–water partition coefficient (Wildman–Crippen LogP) is 2.45. The Morgan fingerprint density at radius 3 is 2.65 bits per heavy atom. The molecule has 2 fully saturated rings. The smallest absolute Gasteiger partial charge is 0.317 e. The average molecular weight is 320 g/mol. The van der Waals surface area contributed by atoms with Gasteiger partial charge in [-0.15, -0.1) is 0 Å². The minimum Gasteiger partial charge on any atom is -0.361 e. The topological polar surface area (TPSA) is 61.6 Å². The molecule has 1 aliphatic heterocycles. The van der Waals surface area contributed by atoms with E-state index in [1.54, 1.807) is 0 Å². The standard InChI is InChI=1S/C17H28N4O2/c1-13-16(14(2)23-19-13)12-20-8-5-9-21(11-10-20)17(22)18-15-6-3-4-7-15/h15H,3-12H2,1-2H3,(H,18,22). The highest BCUT2D eigenvalue weighted by atomic mass is 16.5. The van der Waals surface area contributed by atoms with E-state index in [-0.39, 0.29) is 6.03 Å². The third kappa shape index (κ3) is 4.05. The molecule has 1 saturated heterocycles. The van der Waals surface area contributed by atoms with Crippen molar-refractivity contribution in [3.63, 3.8) is 0 Å². The zero-order valence-corrected chi connectivity index (χ0v) is 14.3. The molecule has 0 unspecified atom stereocenters. The fraction of sp³-hybridized carbons (Fsp3) is 0.765. The van der Waals surface area contributed by atoms with Crippen LogP contribution in [0.1, 0.15) is 49.1 Å². The van der Waals surface area contributed by atoms with Gasteiger partial charge in [0.1, 0.15) is 5.76 Å². The summed E-state index contributed by atoms with van der Waals surface area (Å²) < 4.78 is 5.25. The summed E-state index contributed by atoms with van der Waals surface area (Å²) in [4.78, 5) is 16.8. The van der Waals surface area contributed by atoms with Gasteiger partial charge in [-0.3, -0.25) is 4.90 Å². The first-order valence-corrected chi connectivity index (χ1v) is 8.83. The SMILES string of the molecule is Cc1noc(C)c1CN1CCCN(C(=O)NC2CCCC2)CC1. The number of hydrogen-bond acceptors (Lipinski definition) is 4. The van der Waals surface area contributed by atoms with Gasteiger partial charge in [0.25, 0.3) is 0 Å². The Kier molecular flexibility index (Phi) is 5.20. The molecule has 0 atom stereocenters. The fourth-order valence-corrected chi connectivity index (χ4v) is 3.62. The number of rotatable bonds is 3. The third-order valence-electron chi connectivity index (χ3n) is 5.12. The van der Waals surface area contributed by atoms with Crippen molar-refractivity contribution in [1.82, 2.24) is 20.3 Å². The minimum absolute atomic E-state index is 0.121. The highest BCUT2D eigenvalue weighted by molar-refractivity contribution is 5.74. The minimum atomic E-state index is 0.121. The summed E-state index contributed by atoms with van der Waals surface area (Å²) in [6.45, 7) is 8.37. The molecule has 2 heterocycles. The number of carbonyl (C=O) groups excluding carboxylic acids is 1. The van der Waals surface area contributed by atoms with Gasteiger partial charge in [-0.05, 0) is 33.1 Å². The lowest BCUT2D eigenvalue weighted by molar-refractivity contribution is 0.193. The molecule has 0 spiro atoms. The molecule has 6 heteroatoms. The zero-order chi connectivity index (χ0) is 16.2. The summed E-state index contributed by atoms with van der Waals surface area (Å²) >= 11 is 0. The highest BCUT2D eigenvalue weighted by Gasteiger charge is 2.23. The van der Waals surface area contributed by atoms with E-state index in [9.17, 15) is 4.79 Å². The number of nitrogens with one attached hydrogen (secondary N) is 1. The first-order chi connectivity index (χ1) is 11.1. The van der Waals surface area contributed by atoms with Crippen molar-refractivity contribution in [1.29, 1.82) is 0 Å². The molecular weight excluding hydrogens is 292 g/mol. The van der Waals surface area contributed by atoms with Crippen LogP contribution in [-0.2, 0) is 6.54 Å². The van der Waals surface area contributed by atoms with Gasteiger partial charge in [-0.2, -0.15) is 0 Å².